The van der Waals surface area contributed by atoms with Gasteiger partial charge >= 0.3 is 6.85 Å². The van der Waals surface area contributed by atoms with Gasteiger partial charge < -0.3 is 23.9 Å². The number of allylic oxidation sites excluding steroid dienone is 3. The number of aryl methyl sites for hydroxylation is 2. The fourth-order valence-corrected chi connectivity index (χ4v) is 9.32. The second kappa shape index (κ2) is 16.4. The normalized spacial score (nSPS) is 14.5. The van der Waals surface area contributed by atoms with E-state index in [9.17, 15) is 0 Å². The summed E-state index contributed by atoms with van der Waals surface area (Å²) >= 11 is 0. The number of pyridine rings is 1. The first-order valence-corrected chi connectivity index (χ1v) is 21.6. The molecule has 8 aromatic rings. The van der Waals surface area contributed by atoms with E-state index in [4.69, 9.17) is 9.72 Å². The molecule has 0 radical (unpaired) electrons. The van der Waals surface area contributed by atoms with Crippen LogP contribution in [0.15, 0.2) is 182 Å². The average Bonchev–Trinajstić information content (AvgIpc) is 3.84. The van der Waals surface area contributed by atoms with Gasteiger partial charge in [-0.2, -0.15) is 12.1 Å². The van der Waals surface area contributed by atoms with Gasteiger partial charge in [0.2, 0.25) is 0 Å². The fraction of sp³-hybridized carbons (Fsp3) is 0.107. The molecule has 0 saturated carbocycles. The minimum Gasteiger partial charge on any atom is -0.509 e. The molecule has 0 aliphatic carbocycles. The molecule has 64 heavy (non-hydrogen) atoms. The second-order valence-corrected chi connectivity index (χ2v) is 17.6. The van der Waals surface area contributed by atoms with E-state index >= 15 is 0 Å². The summed E-state index contributed by atoms with van der Waals surface area (Å²) in [6.45, 7) is 13.3. The number of para-hydroxylation sites is 3. The molecule has 3 aliphatic rings. The molecule has 0 atom stereocenters. The van der Waals surface area contributed by atoms with Crippen molar-refractivity contribution in [1.29, 1.82) is 0 Å². The van der Waals surface area contributed by atoms with E-state index in [-0.39, 0.29) is 33.3 Å². The number of hydrogen-bond acceptors (Lipinski definition) is 5. The Balaban J connectivity index is 0.00000484. The van der Waals surface area contributed by atoms with E-state index in [0.29, 0.717) is 11.5 Å². The topological polar surface area (TPSA) is 36.8 Å². The van der Waals surface area contributed by atoms with Crippen LogP contribution < -0.4 is 14.5 Å². The Bertz CT molecular complexity index is 3210. The van der Waals surface area contributed by atoms with Gasteiger partial charge in [-0.1, -0.05) is 128 Å². The van der Waals surface area contributed by atoms with Crippen molar-refractivity contribution < 1.29 is 25.8 Å². The number of aromatic nitrogens is 2. The molecule has 0 fully saturated rings. The van der Waals surface area contributed by atoms with Crippen molar-refractivity contribution in [2.45, 2.75) is 40.0 Å². The van der Waals surface area contributed by atoms with E-state index in [0.717, 1.165) is 56.0 Å². The Labute approximate surface area is 390 Å². The molecule has 6 nitrogen and oxygen atoms in total. The maximum absolute atomic E-state index is 6.68. The molecular formula is C56H45BN5OPt-3. The number of fused-ring (bicyclic) bond motifs is 5. The molecule has 2 aromatic heterocycles. The minimum absolute atomic E-state index is 0. The van der Waals surface area contributed by atoms with Crippen LogP contribution in [-0.2, 0) is 26.5 Å². The fourth-order valence-electron chi connectivity index (χ4n) is 9.32. The minimum atomic E-state index is -0.0260. The summed E-state index contributed by atoms with van der Waals surface area (Å²) in [5.41, 5.74) is 14.5. The van der Waals surface area contributed by atoms with Crippen molar-refractivity contribution in [3.8, 4) is 17.3 Å². The van der Waals surface area contributed by atoms with Crippen LogP contribution in [0.5, 0.6) is 11.5 Å². The van der Waals surface area contributed by atoms with Crippen molar-refractivity contribution in [2.24, 2.45) is 0 Å². The van der Waals surface area contributed by atoms with Gasteiger partial charge in [0.1, 0.15) is 5.82 Å². The van der Waals surface area contributed by atoms with Gasteiger partial charge in [-0.25, -0.2) is 4.98 Å². The van der Waals surface area contributed by atoms with Crippen LogP contribution >= 0.6 is 0 Å². The quantitative estimate of drug-likeness (QED) is 0.117. The Morgan fingerprint density at radius 1 is 0.672 bits per heavy atom. The number of ether oxygens (including phenoxy) is 1. The molecule has 0 unspecified atom stereocenters. The largest absolute Gasteiger partial charge is 0.509 e. The standard InChI is InChI=1S/C56H45BN5O.Pt/c1-38-30-39(2)32-41(31-38)48-36-59-29-14-13-27-57(59)54(40-16-7-6-8-17-40)55(48)61-37-60(50-22-11-12-23-51(50)61)43-18-15-19-44(34-43)63-45-24-25-47-46-20-9-10-21-49(46)62(52(47)35-45)53-33-42(26-28-58-53)56(3,4)5;/h6-33,36-37H,1-5H3;/q-3;. The monoisotopic (exact) mass is 1010 g/mol. The van der Waals surface area contributed by atoms with Gasteiger partial charge in [0.25, 0.3) is 0 Å². The molecule has 6 aromatic carbocycles. The Kier molecular flexibility index (Phi) is 10.6. The van der Waals surface area contributed by atoms with Gasteiger partial charge in [-0.3, -0.25) is 0 Å². The Morgan fingerprint density at radius 2 is 1.41 bits per heavy atom. The maximum atomic E-state index is 6.68. The van der Waals surface area contributed by atoms with E-state index in [1.807, 2.05) is 24.4 Å². The summed E-state index contributed by atoms with van der Waals surface area (Å²) in [7, 11) is 0. The molecule has 0 amide bonds. The first-order valence-electron chi connectivity index (χ1n) is 21.6. The number of nitrogens with zero attached hydrogens (tertiary/aromatic N) is 5. The third kappa shape index (κ3) is 7.28. The van der Waals surface area contributed by atoms with Gasteiger partial charge in [0, 0.05) is 73.1 Å². The van der Waals surface area contributed by atoms with E-state index in [1.165, 1.54) is 33.3 Å². The van der Waals surface area contributed by atoms with Crippen LogP contribution in [0, 0.1) is 32.6 Å². The maximum Gasteiger partial charge on any atom is 0.322 e. The average molecular weight is 1010 g/mol. The van der Waals surface area contributed by atoms with Crippen LogP contribution in [0.2, 0.25) is 0 Å². The number of anilines is 3. The van der Waals surface area contributed by atoms with Gasteiger partial charge in [0.15, 0.2) is 0 Å². The zero-order valence-corrected chi connectivity index (χ0v) is 38.6. The predicted octanol–water partition coefficient (Wildman–Crippen LogP) is 13.5. The SMILES string of the molecule is Cc1cc(C)cc(C2=CN3C=CC=CB3C(c3ccccc3)=C2N2[CH-]N(c3[c-]c(Oc4[c-]c5c(cc4)c4ccccc4n5-c4cc(C(C)(C)C)ccn4)ccc3)c3ccccc32)c1.[Pt]. The third-order valence-electron chi connectivity index (χ3n) is 12.2. The van der Waals surface area contributed by atoms with Crippen molar-refractivity contribution in [3.05, 3.63) is 229 Å². The Morgan fingerprint density at radius 3 is 2.20 bits per heavy atom. The summed E-state index contributed by atoms with van der Waals surface area (Å²) in [4.78, 5) is 11.8. The molecule has 8 heteroatoms. The Hall–Kier alpha value is -6.82. The molecule has 0 saturated heterocycles. The molecule has 11 rings (SSSR count). The van der Waals surface area contributed by atoms with Crippen LogP contribution in [0.4, 0.5) is 17.1 Å². The summed E-state index contributed by atoms with van der Waals surface area (Å²) in [6, 6.07) is 56.5. The van der Waals surface area contributed by atoms with E-state index < -0.39 is 0 Å². The molecule has 0 spiro atoms. The number of hydrogen-bond donors (Lipinski definition) is 0. The van der Waals surface area contributed by atoms with Crippen LogP contribution in [-0.4, -0.2) is 21.2 Å². The van der Waals surface area contributed by atoms with Gasteiger partial charge in [-0.05, 0) is 89.4 Å². The molecular weight excluding hydrogens is 965 g/mol. The first-order chi connectivity index (χ1) is 30.7. The van der Waals surface area contributed by atoms with E-state index in [2.05, 4.69) is 224 Å². The molecule has 5 heterocycles. The molecule has 3 aliphatic heterocycles. The third-order valence-corrected chi connectivity index (χ3v) is 12.2. The number of rotatable bonds is 7. The molecule has 0 N–H and O–H groups in total. The van der Waals surface area contributed by atoms with E-state index in [1.54, 1.807) is 0 Å². The van der Waals surface area contributed by atoms with Crippen LogP contribution in [0.25, 0.3) is 38.7 Å². The molecule has 316 valence electrons. The summed E-state index contributed by atoms with van der Waals surface area (Å²) in [5, 5.41) is 2.23. The summed E-state index contributed by atoms with van der Waals surface area (Å²) in [6.07, 6.45) is 10.7. The van der Waals surface area contributed by atoms with Crippen LogP contribution in [0.1, 0.15) is 48.6 Å². The summed E-state index contributed by atoms with van der Waals surface area (Å²) < 4.78 is 8.87. The summed E-state index contributed by atoms with van der Waals surface area (Å²) in [5.74, 6) is 4.34. The smallest absolute Gasteiger partial charge is 0.322 e. The van der Waals surface area contributed by atoms with Gasteiger partial charge in [0.05, 0.1) is 0 Å². The predicted molar refractivity (Wildman–Crippen MR) is 260 cm³/mol. The van der Waals surface area contributed by atoms with Crippen molar-refractivity contribution in [3.63, 3.8) is 0 Å². The zero-order valence-electron chi connectivity index (χ0n) is 36.4. The van der Waals surface area contributed by atoms with Crippen LogP contribution in [0.3, 0.4) is 0 Å². The van der Waals surface area contributed by atoms with Crippen molar-refractivity contribution in [1.82, 2.24) is 14.4 Å². The van der Waals surface area contributed by atoms with Crippen molar-refractivity contribution in [2.75, 3.05) is 9.80 Å². The van der Waals surface area contributed by atoms with Gasteiger partial charge in [-0.15, -0.1) is 48.1 Å². The molecule has 0 bridgehead atoms. The second-order valence-electron chi connectivity index (χ2n) is 17.6. The number of benzene rings is 6. The zero-order chi connectivity index (χ0) is 42.8. The first kappa shape index (κ1) is 41.2. The van der Waals surface area contributed by atoms with Crippen molar-refractivity contribution >= 4 is 56.8 Å².